The van der Waals surface area contributed by atoms with E-state index in [2.05, 4.69) is 257 Å². The molecular formula is C88H107Cl4N8Ru2-3. The minimum Gasteiger partial charge on any atom is -0.265 e. The third-order valence-electron chi connectivity index (χ3n) is 17.2. The Morgan fingerprint density at radius 3 is 0.549 bits per heavy atom. The van der Waals surface area contributed by atoms with Crippen molar-refractivity contribution in [3.8, 4) is 0 Å². The summed E-state index contributed by atoms with van der Waals surface area (Å²) >= 11 is -3.23. The van der Waals surface area contributed by atoms with Gasteiger partial charge in [-0.3, -0.25) is 9.97 Å². The van der Waals surface area contributed by atoms with Gasteiger partial charge in [0, 0.05) is 98.2 Å². The van der Waals surface area contributed by atoms with Crippen LogP contribution in [-0.4, -0.2) is 58.5 Å². The third kappa shape index (κ3) is 25.4. The second-order valence-corrected chi connectivity index (χ2v) is 37.9. The topological polar surface area (TPSA) is 45.2 Å². The molecule has 0 N–H and O–H groups in total. The monoisotopic (exact) mass is 1620 g/mol. The summed E-state index contributed by atoms with van der Waals surface area (Å²) in [5.74, 6) is 0. The Labute approximate surface area is 640 Å². The van der Waals surface area contributed by atoms with Crippen molar-refractivity contribution in [2.45, 2.75) is 132 Å². The van der Waals surface area contributed by atoms with Crippen molar-refractivity contribution in [2.24, 2.45) is 0 Å². The summed E-state index contributed by atoms with van der Waals surface area (Å²) in [6.07, 6.45) is 7.00. The molecule has 0 amide bonds. The zero-order chi connectivity index (χ0) is 73.4. The SMILES string of the molecule is C.Cc1cc(C)c(N2[CH-]N(c3c(C)cc(C)cc3C)CC2)c(C)c1.Cc1cc(C)c(N2[CH-]N(c3c(C)cc(C)cc3C)CC2)c(C)c1.Cc1cc(C)c(N2[CH-]N(c3c(C)cc(C)cc3C)CC2)c(C)c1.[Cl][Ru]([Cl])=[CH]c1ccccc1.[Cl][Ru]([Cl])=[CH]c1ccccc1.c1ccncc1.c1ccncc1. The van der Waals surface area contributed by atoms with Gasteiger partial charge < -0.3 is 29.4 Å². The predicted octanol–water partition coefficient (Wildman–Crippen LogP) is 23.3. The Morgan fingerprint density at radius 1 is 0.265 bits per heavy atom. The Morgan fingerprint density at radius 2 is 0.422 bits per heavy atom. The smallest absolute Gasteiger partial charge is 0.0267 e. The molecule has 2 aromatic heterocycles. The van der Waals surface area contributed by atoms with E-state index >= 15 is 0 Å². The van der Waals surface area contributed by atoms with Gasteiger partial charge in [-0.05, 0) is 216 Å². The Bertz CT molecular complexity index is 3580. The molecule has 10 aromatic rings. The molecule has 13 rings (SSSR count). The van der Waals surface area contributed by atoms with Crippen molar-refractivity contribution in [1.29, 1.82) is 0 Å². The van der Waals surface area contributed by atoms with Gasteiger partial charge in [0.05, 0.1) is 0 Å². The molecule has 0 atom stereocenters. The summed E-state index contributed by atoms with van der Waals surface area (Å²) < 4.78 is 3.85. The van der Waals surface area contributed by atoms with E-state index in [1.807, 2.05) is 106 Å². The number of aromatic nitrogens is 2. The summed E-state index contributed by atoms with van der Waals surface area (Å²) in [7, 11) is 22.7. The van der Waals surface area contributed by atoms with Crippen molar-refractivity contribution in [3.63, 3.8) is 0 Å². The van der Waals surface area contributed by atoms with Crippen molar-refractivity contribution in [3.05, 3.63) is 326 Å². The summed E-state index contributed by atoms with van der Waals surface area (Å²) in [5.41, 5.74) is 34.7. The minimum atomic E-state index is -1.61. The van der Waals surface area contributed by atoms with Crippen molar-refractivity contribution >= 4 is 82.1 Å². The van der Waals surface area contributed by atoms with Gasteiger partial charge in [-0.15, -0.1) is 0 Å². The van der Waals surface area contributed by atoms with E-state index in [4.69, 9.17) is 38.8 Å². The molecule has 0 unspecified atom stereocenters. The van der Waals surface area contributed by atoms with Gasteiger partial charge in [0.1, 0.15) is 0 Å². The van der Waals surface area contributed by atoms with E-state index < -0.39 is 27.0 Å². The molecule has 5 heterocycles. The Kier molecular flexibility index (Phi) is 34.1. The van der Waals surface area contributed by atoms with E-state index in [1.165, 1.54) is 134 Å². The fraction of sp³-hybridized carbons (Fsp3) is 0.284. The molecular weight excluding hydrogens is 1510 g/mol. The first-order chi connectivity index (χ1) is 48.2. The largest absolute Gasteiger partial charge is 0.265 e. The summed E-state index contributed by atoms with van der Waals surface area (Å²) in [5, 5.41) is 0. The zero-order valence-corrected chi connectivity index (χ0v) is 68.9. The van der Waals surface area contributed by atoms with Crippen LogP contribution in [0, 0.1) is 145 Å². The predicted molar refractivity (Wildman–Crippen MR) is 443 cm³/mol. The summed E-state index contributed by atoms with van der Waals surface area (Å²) in [6, 6.07) is 58.6. The molecule has 0 spiro atoms. The molecule has 0 bridgehead atoms. The molecule has 0 radical (unpaired) electrons. The van der Waals surface area contributed by atoms with Crippen LogP contribution in [0.3, 0.4) is 0 Å². The van der Waals surface area contributed by atoms with Crippen LogP contribution in [0.25, 0.3) is 0 Å². The number of hydrogen-bond donors (Lipinski definition) is 0. The normalized spacial score (nSPS) is 13.0. The minimum absolute atomic E-state index is 0. The van der Waals surface area contributed by atoms with Crippen LogP contribution in [0.4, 0.5) is 34.1 Å². The van der Waals surface area contributed by atoms with E-state index in [0.717, 1.165) is 50.4 Å². The van der Waals surface area contributed by atoms with Crippen LogP contribution < -0.4 is 29.4 Å². The maximum Gasteiger partial charge on any atom is 0.0267 e. The average Bonchev–Trinajstić information content (AvgIpc) is 1.64. The number of aryl methyl sites for hydroxylation is 18. The second kappa shape index (κ2) is 41.5. The van der Waals surface area contributed by atoms with Gasteiger partial charge in [-0.1, -0.05) is 126 Å². The maximum absolute atomic E-state index is 5.67. The van der Waals surface area contributed by atoms with E-state index in [-0.39, 0.29) is 7.43 Å². The molecule has 8 aromatic carbocycles. The first kappa shape index (κ1) is 83.9. The number of nitrogens with zero attached hydrogens (tertiary/aromatic N) is 8. The molecule has 3 fully saturated rings. The number of anilines is 6. The molecule has 3 aliphatic heterocycles. The molecule has 546 valence electrons. The molecule has 3 aliphatic rings. The van der Waals surface area contributed by atoms with Gasteiger partial charge in [-0.25, -0.2) is 0 Å². The third-order valence-corrected chi connectivity index (χ3v) is 21.0. The molecule has 3 saturated heterocycles. The fourth-order valence-corrected chi connectivity index (χ4v) is 17.8. The van der Waals surface area contributed by atoms with Gasteiger partial charge in [-0.2, -0.15) is 20.0 Å². The summed E-state index contributed by atoms with van der Waals surface area (Å²) in [4.78, 5) is 22.0. The molecule has 14 heteroatoms. The fourth-order valence-electron chi connectivity index (χ4n) is 14.1. The van der Waals surface area contributed by atoms with Crippen molar-refractivity contribution in [2.75, 3.05) is 68.7 Å². The van der Waals surface area contributed by atoms with Crippen LogP contribution in [-0.2, 0) is 27.0 Å². The molecule has 0 aliphatic carbocycles. The molecule has 0 saturated carbocycles. The van der Waals surface area contributed by atoms with E-state index in [0.29, 0.717) is 0 Å². The van der Waals surface area contributed by atoms with Gasteiger partial charge in [0.25, 0.3) is 0 Å². The Hall–Kier alpha value is -6.99. The van der Waals surface area contributed by atoms with Gasteiger partial charge in [0.15, 0.2) is 0 Å². The number of benzene rings is 8. The first-order valence-electron chi connectivity index (χ1n) is 34.3. The van der Waals surface area contributed by atoms with Crippen LogP contribution >= 0.6 is 38.8 Å². The number of pyridine rings is 2. The standard InChI is InChI=1S/3C21H27N2.2C7H6.2C5H5N.CH4.4ClH.2Ru/c3*1-14-9-16(3)20(17(4)10-14)22-7-8-23(13-22)21-18(5)11-15(2)12-19(21)6;2*1-7-5-3-2-4-6-7;2*1-2-4-6-5-3-1;;;;;;;/h3*9-13H,7-8H2,1-6H3;2*1-6H;2*1-5H;1H4;4*1H;;/q3*-1;;;;;;;;;;2*+2/p-4. The molecule has 8 nitrogen and oxygen atoms in total. The van der Waals surface area contributed by atoms with E-state index in [9.17, 15) is 0 Å². The number of rotatable bonds is 8. The Balaban J connectivity index is 0.000000197. The van der Waals surface area contributed by atoms with E-state index in [1.54, 1.807) is 24.8 Å². The quantitative estimate of drug-likeness (QED) is 0.110. The van der Waals surface area contributed by atoms with Crippen LogP contribution in [0.5, 0.6) is 0 Å². The van der Waals surface area contributed by atoms with Gasteiger partial charge in [0.2, 0.25) is 0 Å². The van der Waals surface area contributed by atoms with Crippen LogP contribution in [0.1, 0.15) is 119 Å². The van der Waals surface area contributed by atoms with Crippen LogP contribution in [0.2, 0.25) is 0 Å². The summed E-state index contributed by atoms with van der Waals surface area (Å²) in [6.45, 7) is 52.7. The second-order valence-electron chi connectivity index (χ2n) is 26.5. The first-order valence-corrected chi connectivity index (χ1v) is 45.2. The number of halogens is 4. The van der Waals surface area contributed by atoms with Crippen LogP contribution in [0.15, 0.2) is 195 Å². The van der Waals surface area contributed by atoms with Crippen molar-refractivity contribution < 1.29 is 27.0 Å². The number of hydrogen-bond acceptors (Lipinski definition) is 8. The zero-order valence-electron chi connectivity index (χ0n) is 62.4. The maximum atomic E-state index is 5.67. The average molecular weight is 1620 g/mol. The van der Waals surface area contributed by atoms with Crippen molar-refractivity contribution in [1.82, 2.24) is 9.97 Å². The molecule has 102 heavy (non-hydrogen) atoms. The van der Waals surface area contributed by atoms with Gasteiger partial charge >= 0.3 is 147 Å².